The SMILES string of the molecule is O=C(NCc1ccc(C#CCO)s1)c1cccc(Cl)c1Cl. The van der Waals surface area contributed by atoms with E-state index in [2.05, 4.69) is 17.2 Å². The first-order chi connectivity index (χ1) is 10.1. The van der Waals surface area contributed by atoms with Crippen molar-refractivity contribution in [3.8, 4) is 11.8 Å². The minimum absolute atomic E-state index is 0.169. The molecule has 21 heavy (non-hydrogen) atoms. The summed E-state index contributed by atoms with van der Waals surface area (Å²) in [6.07, 6.45) is 0. The van der Waals surface area contributed by atoms with Crippen molar-refractivity contribution in [3.05, 3.63) is 55.7 Å². The number of thiophene rings is 1. The number of nitrogens with one attached hydrogen (secondary N) is 1. The number of rotatable bonds is 3. The van der Waals surface area contributed by atoms with Gasteiger partial charge in [-0.2, -0.15) is 0 Å². The Balaban J connectivity index is 2.01. The molecule has 2 aromatic rings. The molecule has 108 valence electrons. The van der Waals surface area contributed by atoms with E-state index in [1.807, 2.05) is 12.1 Å². The highest BCUT2D eigenvalue weighted by Gasteiger charge is 2.12. The predicted octanol–water partition coefficient (Wildman–Crippen LogP) is 3.33. The average molecular weight is 340 g/mol. The van der Waals surface area contributed by atoms with Gasteiger partial charge in [0.05, 0.1) is 27.0 Å². The molecule has 1 heterocycles. The number of aliphatic hydroxyl groups is 1. The molecule has 1 amide bonds. The second-order valence-electron chi connectivity index (χ2n) is 4.01. The molecular formula is C15H11Cl2NO2S. The van der Waals surface area contributed by atoms with Crippen LogP contribution in [-0.2, 0) is 6.54 Å². The number of carbonyl (C=O) groups is 1. The van der Waals surface area contributed by atoms with E-state index in [0.717, 1.165) is 9.75 Å². The van der Waals surface area contributed by atoms with Crippen molar-refractivity contribution in [1.29, 1.82) is 0 Å². The van der Waals surface area contributed by atoms with Gasteiger partial charge in [-0.1, -0.05) is 41.1 Å². The molecule has 0 fully saturated rings. The highest BCUT2D eigenvalue weighted by atomic mass is 35.5. The molecule has 0 atom stereocenters. The minimum atomic E-state index is -0.279. The highest BCUT2D eigenvalue weighted by Crippen LogP contribution is 2.25. The molecule has 0 unspecified atom stereocenters. The lowest BCUT2D eigenvalue weighted by atomic mass is 10.2. The number of hydrogen-bond donors (Lipinski definition) is 2. The fourth-order valence-corrected chi connectivity index (χ4v) is 2.82. The zero-order valence-corrected chi connectivity index (χ0v) is 13.1. The lowest BCUT2D eigenvalue weighted by molar-refractivity contribution is 0.0951. The van der Waals surface area contributed by atoms with Crippen LogP contribution in [0.2, 0.25) is 10.0 Å². The molecule has 0 aliphatic heterocycles. The van der Waals surface area contributed by atoms with Gasteiger partial charge in [-0.05, 0) is 24.3 Å². The summed E-state index contributed by atoms with van der Waals surface area (Å²) < 4.78 is 0. The number of aliphatic hydroxyl groups excluding tert-OH is 1. The maximum absolute atomic E-state index is 12.1. The number of benzene rings is 1. The second-order valence-corrected chi connectivity index (χ2v) is 5.96. The Bertz CT molecular complexity index is 716. The topological polar surface area (TPSA) is 49.3 Å². The zero-order valence-electron chi connectivity index (χ0n) is 10.8. The normalized spacial score (nSPS) is 9.86. The Kier molecular flexibility index (Phi) is 5.66. The first-order valence-corrected chi connectivity index (χ1v) is 7.59. The van der Waals surface area contributed by atoms with E-state index in [9.17, 15) is 4.79 Å². The van der Waals surface area contributed by atoms with Gasteiger partial charge in [0, 0.05) is 4.88 Å². The number of carbonyl (C=O) groups excluding carboxylic acids is 1. The van der Waals surface area contributed by atoms with Crippen molar-refractivity contribution < 1.29 is 9.90 Å². The Hall–Kier alpha value is -1.51. The van der Waals surface area contributed by atoms with Gasteiger partial charge in [-0.15, -0.1) is 11.3 Å². The van der Waals surface area contributed by atoms with Crippen LogP contribution in [0.25, 0.3) is 0 Å². The third-order valence-electron chi connectivity index (χ3n) is 2.57. The predicted molar refractivity (Wildman–Crippen MR) is 85.9 cm³/mol. The quantitative estimate of drug-likeness (QED) is 0.842. The Labute approximate surface area is 136 Å². The maximum Gasteiger partial charge on any atom is 0.253 e. The summed E-state index contributed by atoms with van der Waals surface area (Å²) in [5.41, 5.74) is 0.348. The molecule has 0 spiro atoms. The summed E-state index contributed by atoms with van der Waals surface area (Å²) in [6.45, 7) is 0.213. The largest absolute Gasteiger partial charge is 0.384 e. The second kappa shape index (κ2) is 7.48. The molecule has 2 N–H and O–H groups in total. The van der Waals surface area contributed by atoms with Crippen LogP contribution in [0, 0.1) is 11.8 Å². The highest BCUT2D eigenvalue weighted by molar-refractivity contribution is 7.12. The van der Waals surface area contributed by atoms with Crippen molar-refractivity contribution in [3.63, 3.8) is 0 Å². The van der Waals surface area contributed by atoms with E-state index >= 15 is 0 Å². The van der Waals surface area contributed by atoms with Crippen molar-refractivity contribution in [2.24, 2.45) is 0 Å². The van der Waals surface area contributed by atoms with Gasteiger partial charge in [0.15, 0.2) is 0 Å². The number of amides is 1. The molecule has 0 saturated heterocycles. The van der Waals surface area contributed by atoms with Gasteiger partial charge in [-0.3, -0.25) is 4.79 Å². The van der Waals surface area contributed by atoms with Gasteiger partial charge < -0.3 is 10.4 Å². The van der Waals surface area contributed by atoms with Crippen molar-refractivity contribution in [2.45, 2.75) is 6.54 Å². The van der Waals surface area contributed by atoms with Crippen LogP contribution in [0.15, 0.2) is 30.3 Å². The molecule has 0 aliphatic carbocycles. The van der Waals surface area contributed by atoms with Gasteiger partial charge in [0.1, 0.15) is 6.61 Å². The summed E-state index contributed by atoms with van der Waals surface area (Å²) in [5.74, 6) is 5.12. The van der Waals surface area contributed by atoms with Crippen molar-refractivity contribution in [1.82, 2.24) is 5.32 Å². The minimum Gasteiger partial charge on any atom is -0.384 e. The molecule has 0 saturated carbocycles. The van der Waals surface area contributed by atoms with E-state index in [0.29, 0.717) is 17.1 Å². The first-order valence-electron chi connectivity index (χ1n) is 6.02. The summed E-state index contributed by atoms with van der Waals surface area (Å²) in [5, 5.41) is 12.0. The molecule has 1 aromatic carbocycles. The van der Waals surface area contributed by atoms with Crippen LogP contribution in [0.3, 0.4) is 0 Å². The molecule has 6 heteroatoms. The summed E-state index contributed by atoms with van der Waals surface area (Å²) in [6, 6.07) is 8.66. The fourth-order valence-electron chi connectivity index (χ4n) is 1.61. The Morgan fingerprint density at radius 2 is 2.10 bits per heavy atom. The van der Waals surface area contributed by atoms with Crippen molar-refractivity contribution in [2.75, 3.05) is 6.61 Å². The Morgan fingerprint density at radius 1 is 1.29 bits per heavy atom. The molecule has 1 aromatic heterocycles. The van der Waals surface area contributed by atoms with Crippen LogP contribution in [0.1, 0.15) is 20.1 Å². The standard InChI is InChI=1S/C15H11Cl2NO2S/c16-13-5-1-4-12(14(13)17)15(20)18-9-11-7-6-10(21-11)3-2-8-19/h1,4-7,19H,8-9H2,(H,18,20). The number of hydrogen-bond acceptors (Lipinski definition) is 3. The number of halogens is 2. The van der Waals surface area contributed by atoms with Gasteiger partial charge in [-0.25, -0.2) is 0 Å². The van der Waals surface area contributed by atoms with Gasteiger partial charge >= 0.3 is 0 Å². The molecule has 0 bridgehead atoms. The van der Waals surface area contributed by atoms with E-state index in [-0.39, 0.29) is 17.5 Å². The molecule has 3 nitrogen and oxygen atoms in total. The van der Waals surface area contributed by atoms with Crippen LogP contribution >= 0.6 is 34.5 Å². The summed E-state index contributed by atoms with van der Waals surface area (Å²) >= 11 is 13.3. The smallest absolute Gasteiger partial charge is 0.253 e. The first kappa shape index (κ1) is 15.9. The van der Waals surface area contributed by atoms with Gasteiger partial charge in [0.2, 0.25) is 0 Å². The molecule has 0 radical (unpaired) electrons. The van der Waals surface area contributed by atoms with Crippen molar-refractivity contribution >= 4 is 40.4 Å². The van der Waals surface area contributed by atoms with Crippen LogP contribution < -0.4 is 5.32 Å². The maximum atomic E-state index is 12.1. The molecular weight excluding hydrogens is 329 g/mol. The van der Waals surface area contributed by atoms with E-state index in [4.69, 9.17) is 28.3 Å². The van der Waals surface area contributed by atoms with E-state index in [1.54, 1.807) is 18.2 Å². The lowest BCUT2D eigenvalue weighted by Crippen LogP contribution is -2.22. The van der Waals surface area contributed by atoms with Gasteiger partial charge in [0.25, 0.3) is 5.91 Å². The summed E-state index contributed by atoms with van der Waals surface area (Å²) in [7, 11) is 0. The molecule has 2 rings (SSSR count). The zero-order chi connectivity index (χ0) is 15.2. The van der Waals surface area contributed by atoms with E-state index in [1.165, 1.54) is 11.3 Å². The Morgan fingerprint density at radius 3 is 2.86 bits per heavy atom. The van der Waals surface area contributed by atoms with E-state index < -0.39 is 0 Å². The monoisotopic (exact) mass is 339 g/mol. The third-order valence-corrected chi connectivity index (χ3v) is 4.39. The fraction of sp³-hybridized carbons (Fsp3) is 0.133. The van der Waals surface area contributed by atoms with Crippen LogP contribution in [0.5, 0.6) is 0 Å². The lowest BCUT2D eigenvalue weighted by Gasteiger charge is -2.06. The molecule has 0 aliphatic rings. The average Bonchev–Trinajstić information content (AvgIpc) is 2.93. The van der Waals surface area contributed by atoms with Crippen LogP contribution in [-0.4, -0.2) is 17.6 Å². The summed E-state index contributed by atoms with van der Waals surface area (Å²) in [4.78, 5) is 13.9. The van der Waals surface area contributed by atoms with Crippen LogP contribution in [0.4, 0.5) is 0 Å². The third kappa shape index (κ3) is 4.23.